The van der Waals surface area contributed by atoms with Crippen LogP contribution >= 0.6 is 0 Å². The number of amides is 2. The summed E-state index contributed by atoms with van der Waals surface area (Å²) in [6.07, 6.45) is 10.1. The van der Waals surface area contributed by atoms with Crippen LogP contribution in [0.3, 0.4) is 0 Å². The van der Waals surface area contributed by atoms with Crippen molar-refractivity contribution in [1.29, 1.82) is 0 Å². The van der Waals surface area contributed by atoms with Gasteiger partial charge in [-0.1, -0.05) is 50.3 Å². The van der Waals surface area contributed by atoms with Gasteiger partial charge in [0, 0.05) is 24.2 Å². The topological polar surface area (TPSA) is 62.3 Å². The van der Waals surface area contributed by atoms with Crippen LogP contribution in [0.2, 0.25) is 0 Å². The Morgan fingerprint density at radius 1 is 1.03 bits per heavy atom. The van der Waals surface area contributed by atoms with Crippen LogP contribution in [0.15, 0.2) is 36.5 Å². The highest BCUT2D eigenvalue weighted by molar-refractivity contribution is 5.89. The van der Waals surface area contributed by atoms with E-state index in [1.165, 1.54) is 17.5 Å². The minimum atomic E-state index is -0.418. The third-order valence-corrected chi connectivity index (χ3v) is 7.97. The number of pyridine rings is 1. The molecule has 1 saturated carbocycles. The molecule has 1 N–H and O–H groups in total. The molecule has 1 aliphatic carbocycles. The third kappa shape index (κ3) is 5.94. The first-order valence-corrected chi connectivity index (χ1v) is 13.5. The monoisotopic (exact) mass is 475 g/mol. The Bertz CT molecular complexity index is 1020. The van der Waals surface area contributed by atoms with Crippen molar-refractivity contribution in [1.82, 2.24) is 15.2 Å². The Morgan fingerprint density at radius 2 is 1.74 bits per heavy atom. The highest BCUT2D eigenvalue weighted by Crippen LogP contribution is 2.36. The molecule has 2 amide bonds. The van der Waals surface area contributed by atoms with E-state index in [1.807, 2.05) is 24.9 Å². The van der Waals surface area contributed by atoms with Gasteiger partial charge >= 0.3 is 0 Å². The number of carbonyl (C=O) groups is 2. The van der Waals surface area contributed by atoms with Crippen molar-refractivity contribution >= 4 is 11.8 Å². The number of hydrogen-bond donors (Lipinski definition) is 1. The fraction of sp³-hybridized carbons (Fsp3) is 0.567. The van der Waals surface area contributed by atoms with Crippen LogP contribution in [0.25, 0.3) is 11.3 Å². The van der Waals surface area contributed by atoms with E-state index in [9.17, 15) is 9.59 Å². The summed E-state index contributed by atoms with van der Waals surface area (Å²) in [7, 11) is 0. The average molecular weight is 476 g/mol. The molecule has 2 fully saturated rings. The van der Waals surface area contributed by atoms with Gasteiger partial charge in [0.15, 0.2) is 0 Å². The molecule has 2 heterocycles. The van der Waals surface area contributed by atoms with Crippen molar-refractivity contribution in [2.45, 2.75) is 91.1 Å². The normalized spacial score (nSPS) is 20.5. The van der Waals surface area contributed by atoms with E-state index in [-0.39, 0.29) is 29.7 Å². The van der Waals surface area contributed by atoms with Crippen LogP contribution in [0.1, 0.15) is 87.9 Å². The maximum Gasteiger partial charge on any atom is 0.245 e. The number of nitrogens with one attached hydrogen (secondary N) is 1. The molecule has 5 nitrogen and oxygen atoms in total. The summed E-state index contributed by atoms with van der Waals surface area (Å²) in [4.78, 5) is 33.6. The quantitative estimate of drug-likeness (QED) is 0.523. The first kappa shape index (κ1) is 25.4. The van der Waals surface area contributed by atoms with E-state index in [0.717, 1.165) is 68.3 Å². The van der Waals surface area contributed by atoms with Crippen molar-refractivity contribution < 1.29 is 9.59 Å². The smallest absolute Gasteiger partial charge is 0.245 e. The molecule has 3 unspecified atom stereocenters. The number of carbonyl (C=O) groups excluding carboxylic acids is 2. The maximum absolute atomic E-state index is 14.0. The summed E-state index contributed by atoms with van der Waals surface area (Å²) < 4.78 is 0. The first-order chi connectivity index (χ1) is 16.9. The summed E-state index contributed by atoms with van der Waals surface area (Å²) in [6, 6.07) is 10.3. The second-order valence-corrected chi connectivity index (χ2v) is 10.7. The van der Waals surface area contributed by atoms with Crippen LogP contribution in [0, 0.1) is 25.7 Å². The minimum absolute atomic E-state index is 0.00758. The van der Waals surface area contributed by atoms with Gasteiger partial charge in [-0.05, 0) is 81.7 Å². The molecule has 1 aromatic heterocycles. The lowest BCUT2D eigenvalue weighted by molar-refractivity contribution is -0.140. The highest BCUT2D eigenvalue weighted by atomic mass is 16.2. The number of aromatic nitrogens is 1. The van der Waals surface area contributed by atoms with E-state index in [4.69, 9.17) is 0 Å². The Labute approximate surface area is 210 Å². The van der Waals surface area contributed by atoms with Crippen LogP contribution in [0.5, 0.6) is 0 Å². The summed E-state index contributed by atoms with van der Waals surface area (Å²) in [5.41, 5.74) is 5.63. The van der Waals surface area contributed by atoms with Gasteiger partial charge in [0.25, 0.3) is 0 Å². The number of aryl methyl sites for hydroxylation is 2. The maximum atomic E-state index is 14.0. The lowest BCUT2D eigenvalue weighted by atomic mass is 9.83. The molecule has 188 valence electrons. The number of hydrogen-bond acceptors (Lipinski definition) is 3. The molecule has 0 bridgehead atoms. The van der Waals surface area contributed by atoms with E-state index in [2.05, 4.69) is 54.5 Å². The molecule has 2 aromatic rings. The molecule has 0 spiro atoms. The zero-order valence-corrected chi connectivity index (χ0v) is 21.8. The van der Waals surface area contributed by atoms with Gasteiger partial charge in [-0.3, -0.25) is 14.6 Å². The van der Waals surface area contributed by atoms with Gasteiger partial charge in [0.2, 0.25) is 11.8 Å². The van der Waals surface area contributed by atoms with Crippen molar-refractivity contribution in [2.75, 3.05) is 6.54 Å². The van der Waals surface area contributed by atoms with Crippen molar-refractivity contribution in [3.63, 3.8) is 0 Å². The summed E-state index contributed by atoms with van der Waals surface area (Å²) in [5, 5.41) is 3.19. The molecule has 0 radical (unpaired) electrons. The average Bonchev–Trinajstić information content (AvgIpc) is 3.36. The summed E-state index contributed by atoms with van der Waals surface area (Å²) in [5.74, 6) is 0.256. The van der Waals surface area contributed by atoms with Crippen LogP contribution < -0.4 is 5.32 Å². The number of benzene rings is 1. The molecular weight excluding hydrogens is 434 g/mol. The standard InChI is InChI=1S/C30H41N3O2/c1-5-22(4)29(34)32-28(23-10-7-6-8-11-23)30(35)33-15-9-12-27(33)24-13-14-31-26(19-24)25-17-20(2)16-21(3)18-25/h13-14,16-19,22-23,27-28H,5-12,15H2,1-4H3,(H,32,34). The Hall–Kier alpha value is -2.69. The zero-order valence-electron chi connectivity index (χ0n) is 21.8. The summed E-state index contributed by atoms with van der Waals surface area (Å²) >= 11 is 0. The Balaban J connectivity index is 1.59. The minimum Gasteiger partial charge on any atom is -0.344 e. The Morgan fingerprint density at radius 3 is 2.43 bits per heavy atom. The molecule has 1 saturated heterocycles. The van der Waals surface area contributed by atoms with Gasteiger partial charge in [-0.25, -0.2) is 0 Å². The Kier molecular flexibility index (Phi) is 8.25. The molecular formula is C30H41N3O2. The molecule has 35 heavy (non-hydrogen) atoms. The first-order valence-electron chi connectivity index (χ1n) is 13.5. The summed E-state index contributed by atoms with van der Waals surface area (Å²) in [6.45, 7) is 8.93. The van der Waals surface area contributed by atoms with Gasteiger partial charge in [-0.15, -0.1) is 0 Å². The van der Waals surface area contributed by atoms with E-state index in [1.54, 1.807) is 0 Å². The number of rotatable bonds is 7. The van der Waals surface area contributed by atoms with E-state index in [0.29, 0.717) is 0 Å². The van der Waals surface area contributed by atoms with Gasteiger partial charge in [0.1, 0.15) is 6.04 Å². The van der Waals surface area contributed by atoms with Crippen LogP contribution in [-0.2, 0) is 9.59 Å². The van der Waals surface area contributed by atoms with Gasteiger partial charge < -0.3 is 10.2 Å². The van der Waals surface area contributed by atoms with Gasteiger partial charge in [0.05, 0.1) is 11.7 Å². The molecule has 3 atom stereocenters. The van der Waals surface area contributed by atoms with Crippen LogP contribution in [0.4, 0.5) is 0 Å². The molecule has 4 rings (SSSR count). The molecule has 1 aromatic carbocycles. The third-order valence-electron chi connectivity index (χ3n) is 7.97. The SMILES string of the molecule is CCC(C)C(=O)NC(C(=O)N1CCCC1c1ccnc(-c2cc(C)cc(C)c2)c1)C1CCCCC1. The highest BCUT2D eigenvalue weighted by Gasteiger charge is 2.39. The van der Waals surface area contributed by atoms with E-state index < -0.39 is 6.04 Å². The largest absolute Gasteiger partial charge is 0.344 e. The second-order valence-electron chi connectivity index (χ2n) is 10.7. The van der Waals surface area contributed by atoms with Crippen LogP contribution in [-0.4, -0.2) is 34.3 Å². The number of likely N-dealkylation sites (tertiary alicyclic amines) is 1. The van der Waals surface area contributed by atoms with Gasteiger partial charge in [-0.2, -0.15) is 0 Å². The zero-order chi connectivity index (χ0) is 24.9. The lowest BCUT2D eigenvalue weighted by Crippen LogP contribution is -2.53. The van der Waals surface area contributed by atoms with Crippen molar-refractivity contribution in [3.8, 4) is 11.3 Å². The molecule has 2 aliphatic rings. The van der Waals surface area contributed by atoms with Crippen molar-refractivity contribution in [3.05, 3.63) is 53.2 Å². The fourth-order valence-corrected chi connectivity index (χ4v) is 5.82. The molecule has 1 aliphatic heterocycles. The molecule has 5 heteroatoms. The number of nitrogens with zero attached hydrogens (tertiary/aromatic N) is 2. The lowest BCUT2D eigenvalue weighted by Gasteiger charge is -2.35. The predicted molar refractivity (Wildman–Crippen MR) is 141 cm³/mol. The van der Waals surface area contributed by atoms with E-state index >= 15 is 0 Å². The fourth-order valence-electron chi connectivity index (χ4n) is 5.82. The van der Waals surface area contributed by atoms with Crippen molar-refractivity contribution in [2.24, 2.45) is 11.8 Å². The predicted octanol–water partition coefficient (Wildman–Crippen LogP) is 6.14. The second kappa shape index (κ2) is 11.4.